The molecule has 382 valence electrons. The Kier molecular flexibility index (Phi) is 10.2. The van der Waals surface area contributed by atoms with Gasteiger partial charge in [-0.25, -0.2) is 0 Å². The molecule has 0 radical (unpaired) electrons. The van der Waals surface area contributed by atoms with Gasteiger partial charge in [-0.05, 0) is 157 Å². The first-order valence-electron chi connectivity index (χ1n) is 28.4. The van der Waals surface area contributed by atoms with Crippen molar-refractivity contribution in [3.05, 3.63) is 332 Å². The molecule has 1 spiro atoms. The van der Waals surface area contributed by atoms with Crippen molar-refractivity contribution in [1.29, 1.82) is 0 Å². The average molecular weight is 1040 g/mol. The van der Waals surface area contributed by atoms with Gasteiger partial charge in [-0.1, -0.05) is 231 Å². The first kappa shape index (κ1) is 46.2. The molecule has 3 heteroatoms. The number of nitrogens with zero attached hydrogens (tertiary/aromatic N) is 3. The lowest BCUT2D eigenvalue weighted by Crippen LogP contribution is -2.25. The fourth-order valence-electron chi connectivity index (χ4n) is 14.1. The van der Waals surface area contributed by atoms with Crippen molar-refractivity contribution < 1.29 is 0 Å². The van der Waals surface area contributed by atoms with Crippen LogP contribution in [0.3, 0.4) is 0 Å². The van der Waals surface area contributed by atoms with Crippen LogP contribution in [0.25, 0.3) is 111 Å². The molecule has 2 aromatic heterocycles. The molecule has 0 amide bonds. The Morgan fingerprint density at radius 3 is 1.18 bits per heavy atom. The van der Waals surface area contributed by atoms with Crippen LogP contribution in [0.2, 0.25) is 0 Å². The van der Waals surface area contributed by atoms with Gasteiger partial charge in [0.15, 0.2) is 0 Å². The average Bonchev–Trinajstić information content (AvgIpc) is 2.10. The first-order chi connectivity index (χ1) is 40.7. The summed E-state index contributed by atoms with van der Waals surface area (Å²) in [5.41, 5.74) is 27.5. The molecular formula is C79H51N3. The molecule has 0 unspecified atom stereocenters. The van der Waals surface area contributed by atoms with E-state index >= 15 is 0 Å². The number of hydrogen-bond donors (Lipinski definition) is 0. The highest BCUT2D eigenvalue weighted by molar-refractivity contribution is 6.12. The van der Waals surface area contributed by atoms with Gasteiger partial charge in [-0.3, -0.25) is 0 Å². The van der Waals surface area contributed by atoms with E-state index in [-0.39, 0.29) is 0 Å². The second-order valence-corrected chi connectivity index (χ2v) is 22.0. The Bertz CT molecular complexity index is 4960. The van der Waals surface area contributed by atoms with Crippen LogP contribution < -0.4 is 4.90 Å². The van der Waals surface area contributed by atoms with Crippen molar-refractivity contribution in [1.82, 2.24) is 9.13 Å². The summed E-state index contributed by atoms with van der Waals surface area (Å²) < 4.78 is 4.83. The molecule has 15 aromatic rings. The van der Waals surface area contributed by atoms with E-state index < -0.39 is 5.41 Å². The van der Waals surface area contributed by atoms with E-state index in [1.807, 2.05) is 0 Å². The molecule has 2 aliphatic carbocycles. The SMILES string of the molecule is c1ccc(-c2ccc(-n3c4ccccc4c4ccc(-c5ccc(-c6ccc(N(c7ccc8c(c7)-c7ccccc7C87c8ccccc8-c8ccccc87)c7ccc8c9ccccc9n(-c9ccccc9)c8c7)cc6)cc5)cc43)cc2)cc1. The Hall–Kier alpha value is -10.7. The second kappa shape index (κ2) is 18.2. The van der Waals surface area contributed by atoms with E-state index in [0.717, 1.165) is 39.5 Å². The van der Waals surface area contributed by atoms with Gasteiger partial charge in [-0.2, -0.15) is 0 Å². The Balaban J connectivity index is 0.772. The topological polar surface area (TPSA) is 13.1 Å². The summed E-state index contributed by atoms with van der Waals surface area (Å²) in [7, 11) is 0. The minimum absolute atomic E-state index is 0.419. The molecule has 82 heavy (non-hydrogen) atoms. The molecule has 2 aliphatic rings. The van der Waals surface area contributed by atoms with Crippen LogP contribution >= 0.6 is 0 Å². The van der Waals surface area contributed by atoms with Gasteiger partial charge >= 0.3 is 0 Å². The predicted molar refractivity (Wildman–Crippen MR) is 342 cm³/mol. The number of fused-ring (bicyclic) bond motifs is 16. The minimum Gasteiger partial charge on any atom is -0.310 e. The number of aromatic nitrogens is 2. The summed E-state index contributed by atoms with van der Waals surface area (Å²) >= 11 is 0. The molecule has 2 heterocycles. The lowest BCUT2D eigenvalue weighted by atomic mass is 9.70. The van der Waals surface area contributed by atoms with Gasteiger partial charge in [0.2, 0.25) is 0 Å². The summed E-state index contributed by atoms with van der Waals surface area (Å²) in [5.74, 6) is 0. The van der Waals surface area contributed by atoms with E-state index in [4.69, 9.17) is 0 Å². The third kappa shape index (κ3) is 6.84. The highest BCUT2D eigenvalue weighted by atomic mass is 15.1. The lowest BCUT2D eigenvalue weighted by Gasteiger charge is -2.31. The Labute approximate surface area is 476 Å². The summed E-state index contributed by atoms with van der Waals surface area (Å²) in [6, 6.07) is 115. The van der Waals surface area contributed by atoms with Gasteiger partial charge in [0.05, 0.1) is 27.5 Å². The summed E-state index contributed by atoms with van der Waals surface area (Å²) in [5, 5.41) is 4.96. The Morgan fingerprint density at radius 2 is 0.585 bits per heavy atom. The zero-order chi connectivity index (χ0) is 53.9. The van der Waals surface area contributed by atoms with E-state index in [9.17, 15) is 0 Å². The number of rotatable bonds is 8. The third-order valence-corrected chi connectivity index (χ3v) is 17.8. The van der Waals surface area contributed by atoms with Gasteiger partial charge in [-0.15, -0.1) is 0 Å². The molecule has 0 saturated carbocycles. The van der Waals surface area contributed by atoms with Crippen LogP contribution in [-0.2, 0) is 5.41 Å². The van der Waals surface area contributed by atoms with Crippen molar-refractivity contribution in [2.45, 2.75) is 5.41 Å². The van der Waals surface area contributed by atoms with Crippen molar-refractivity contribution in [3.63, 3.8) is 0 Å². The largest absolute Gasteiger partial charge is 0.310 e. The zero-order valence-electron chi connectivity index (χ0n) is 44.8. The highest BCUT2D eigenvalue weighted by Crippen LogP contribution is 2.63. The molecule has 0 fully saturated rings. The van der Waals surface area contributed by atoms with E-state index in [0.29, 0.717) is 0 Å². The van der Waals surface area contributed by atoms with E-state index in [1.54, 1.807) is 0 Å². The number of para-hydroxylation sites is 3. The molecule has 17 rings (SSSR count). The van der Waals surface area contributed by atoms with Gasteiger partial charge in [0.1, 0.15) is 0 Å². The van der Waals surface area contributed by atoms with Crippen LogP contribution in [-0.4, -0.2) is 9.13 Å². The highest BCUT2D eigenvalue weighted by Gasteiger charge is 2.51. The fraction of sp³-hybridized carbons (Fsp3) is 0.0127. The van der Waals surface area contributed by atoms with Crippen LogP contribution in [0.5, 0.6) is 0 Å². The number of benzene rings is 13. The fourth-order valence-corrected chi connectivity index (χ4v) is 14.1. The number of anilines is 3. The maximum Gasteiger partial charge on any atom is 0.0725 e. The van der Waals surface area contributed by atoms with Crippen molar-refractivity contribution in [3.8, 4) is 67.0 Å². The standard InChI is InChI=1S/C79H51N3/c1-3-17-52(18-4-1)54-37-42-60(43-38-54)82-76-30-16-10-24-66(76)68-46-39-57(49-77(68)82)56-33-31-53(32-34-56)55-35-40-59(41-36-55)80(62-44-47-69-67-25-11-15-29-75(67)81(78(69)51-62)58-19-5-2-6-20-58)61-45-48-74-70(50-61)65-23-9-14-28-73(65)79(74)71-26-12-7-21-63(71)64-22-8-13-27-72(64)79/h1-51H. The van der Waals surface area contributed by atoms with Gasteiger partial charge in [0.25, 0.3) is 0 Å². The summed E-state index contributed by atoms with van der Waals surface area (Å²) in [4.78, 5) is 2.46. The zero-order valence-corrected chi connectivity index (χ0v) is 44.8. The van der Waals surface area contributed by atoms with Crippen LogP contribution in [0.4, 0.5) is 17.1 Å². The van der Waals surface area contributed by atoms with Crippen molar-refractivity contribution in [2.24, 2.45) is 0 Å². The van der Waals surface area contributed by atoms with Crippen molar-refractivity contribution >= 4 is 60.7 Å². The van der Waals surface area contributed by atoms with E-state index in [1.165, 1.54) is 110 Å². The van der Waals surface area contributed by atoms with E-state index in [2.05, 4.69) is 323 Å². The molecule has 0 aliphatic heterocycles. The van der Waals surface area contributed by atoms with Crippen molar-refractivity contribution in [2.75, 3.05) is 4.90 Å². The molecular weight excluding hydrogens is 991 g/mol. The normalized spacial score (nSPS) is 12.7. The monoisotopic (exact) mass is 1040 g/mol. The maximum absolute atomic E-state index is 2.46. The first-order valence-corrected chi connectivity index (χ1v) is 28.4. The third-order valence-electron chi connectivity index (χ3n) is 17.8. The predicted octanol–water partition coefficient (Wildman–Crippen LogP) is 20.7. The quantitative estimate of drug-likeness (QED) is 0.148. The second-order valence-electron chi connectivity index (χ2n) is 22.0. The number of hydrogen-bond acceptors (Lipinski definition) is 1. The molecule has 0 N–H and O–H groups in total. The molecule has 3 nitrogen and oxygen atoms in total. The summed E-state index contributed by atoms with van der Waals surface area (Å²) in [6.45, 7) is 0. The molecule has 0 saturated heterocycles. The Morgan fingerprint density at radius 1 is 0.220 bits per heavy atom. The smallest absolute Gasteiger partial charge is 0.0725 e. The molecule has 0 bridgehead atoms. The summed E-state index contributed by atoms with van der Waals surface area (Å²) in [6.07, 6.45) is 0. The molecule has 13 aromatic carbocycles. The van der Waals surface area contributed by atoms with Gasteiger partial charge in [0, 0.05) is 50.0 Å². The van der Waals surface area contributed by atoms with Gasteiger partial charge < -0.3 is 14.0 Å². The maximum atomic E-state index is 2.46. The van der Waals surface area contributed by atoms with Crippen LogP contribution in [0.15, 0.2) is 309 Å². The lowest BCUT2D eigenvalue weighted by molar-refractivity contribution is 0.794. The van der Waals surface area contributed by atoms with Crippen LogP contribution in [0.1, 0.15) is 22.3 Å². The molecule has 0 atom stereocenters. The van der Waals surface area contributed by atoms with Crippen LogP contribution in [0, 0.1) is 0 Å². The minimum atomic E-state index is -0.419.